The van der Waals surface area contributed by atoms with Gasteiger partial charge in [-0.25, -0.2) is 0 Å². The first-order chi connectivity index (χ1) is 25.4. The molecular weight excluding hydrogens is 687 g/mol. The number of aliphatic hydroxyl groups excluding tert-OH is 2. The second-order valence-electron chi connectivity index (χ2n) is 14.8. The highest BCUT2D eigenvalue weighted by atomic mass is 31.2. The largest absolute Gasteiger partial charge is 0.756 e. The molecule has 0 aliphatic heterocycles. The second kappa shape index (κ2) is 34.4. The topological polar surface area (TPSA) is 128 Å². The number of carbonyl (C=O) groups is 1. The Morgan fingerprint density at radius 3 is 1.81 bits per heavy atom. The first kappa shape index (κ1) is 50.9. The number of hydrogen-bond donors (Lipinski definition) is 3. The highest BCUT2D eigenvalue weighted by Gasteiger charge is 2.23. The fourth-order valence-electron chi connectivity index (χ4n) is 5.07. The molecular formula is C43H77N2O7P. The number of likely N-dealkylation sites (N-methyl/N-ethyl adjacent to an activating group) is 1. The van der Waals surface area contributed by atoms with Crippen LogP contribution >= 0.6 is 7.82 Å². The van der Waals surface area contributed by atoms with Gasteiger partial charge in [0.25, 0.3) is 7.82 Å². The number of carbonyl (C=O) groups excluding carboxylic acids is 1. The van der Waals surface area contributed by atoms with Crippen LogP contribution in [0, 0.1) is 0 Å². The minimum absolute atomic E-state index is 0.0230. The van der Waals surface area contributed by atoms with Gasteiger partial charge in [0, 0.05) is 6.42 Å². The normalized spacial score (nSPS) is 15.8. The van der Waals surface area contributed by atoms with Gasteiger partial charge in [0.1, 0.15) is 13.2 Å². The summed E-state index contributed by atoms with van der Waals surface area (Å²) in [5.41, 5.74) is 0. The van der Waals surface area contributed by atoms with E-state index in [1.165, 1.54) is 32.1 Å². The molecule has 0 saturated carbocycles. The van der Waals surface area contributed by atoms with Gasteiger partial charge in [-0.3, -0.25) is 9.36 Å². The zero-order valence-corrected chi connectivity index (χ0v) is 34.9. The lowest BCUT2D eigenvalue weighted by atomic mass is 10.1. The summed E-state index contributed by atoms with van der Waals surface area (Å²) in [4.78, 5) is 25.2. The van der Waals surface area contributed by atoms with Crippen molar-refractivity contribution >= 4 is 13.7 Å². The van der Waals surface area contributed by atoms with Gasteiger partial charge in [-0.15, -0.1) is 0 Å². The van der Waals surface area contributed by atoms with E-state index in [1.54, 1.807) is 6.08 Å². The number of nitrogens with one attached hydrogen (secondary N) is 1. The maximum Gasteiger partial charge on any atom is 0.268 e. The Morgan fingerprint density at radius 2 is 1.23 bits per heavy atom. The molecule has 3 N–H and O–H groups in total. The fourth-order valence-corrected chi connectivity index (χ4v) is 5.79. The molecule has 0 rings (SSSR count). The molecule has 0 aromatic heterocycles. The molecule has 306 valence electrons. The van der Waals surface area contributed by atoms with Crippen LogP contribution in [0.15, 0.2) is 72.9 Å². The number of rotatable bonds is 35. The molecule has 0 fully saturated rings. The van der Waals surface area contributed by atoms with Crippen LogP contribution in [0.25, 0.3) is 0 Å². The molecule has 0 bridgehead atoms. The van der Waals surface area contributed by atoms with Crippen LogP contribution in [0.1, 0.15) is 136 Å². The highest BCUT2D eigenvalue weighted by Crippen LogP contribution is 2.38. The molecule has 0 spiro atoms. The number of phosphoric acid groups is 1. The summed E-state index contributed by atoms with van der Waals surface area (Å²) in [6, 6.07) is -0.931. The standard InChI is InChI=1S/C43H77N2O7P/c1-6-8-9-10-11-12-13-16-20-23-26-29-32-35-42(47)41(39-52-53(49,50)51-38-37-45(3,4)5)44-43(48)36-33-30-27-24-21-18-15-14-17-19-22-25-28-31-34-40(46)7-2/h9-10,15,17-19,24-25,27-28,32,35,40-42,46-47H,6-8,11-14,16,20-23,26,29-31,33-34,36-39H2,1-5H3,(H-,44,48,49,50)/b10-9-,18-15-,19-17-,27-24-,28-25-,35-32+/t40-,41+,42-/m1/s1. The Balaban J connectivity index is 4.63. The van der Waals surface area contributed by atoms with Crippen molar-refractivity contribution in [3.8, 4) is 0 Å². The molecule has 10 heteroatoms. The second-order valence-corrected chi connectivity index (χ2v) is 16.2. The highest BCUT2D eigenvalue weighted by molar-refractivity contribution is 7.45. The van der Waals surface area contributed by atoms with E-state index in [4.69, 9.17) is 9.05 Å². The van der Waals surface area contributed by atoms with E-state index in [9.17, 15) is 24.5 Å². The molecule has 1 unspecified atom stereocenters. The molecule has 0 aromatic rings. The van der Waals surface area contributed by atoms with Gasteiger partial charge in [0.05, 0.1) is 46.0 Å². The van der Waals surface area contributed by atoms with E-state index in [-0.39, 0.29) is 25.0 Å². The van der Waals surface area contributed by atoms with Crippen LogP contribution in [0.5, 0.6) is 0 Å². The third-order valence-corrected chi connectivity index (χ3v) is 9.49. The van der Waals surface area contributed by atoms with Gasteiger partial charge in [-0.2, -0.15) is 0 Å². The van der Waals surface area contributed by atoms with Crippen molar-refractivity contribution in [2.75, 3.05) is 40.9 Å². The van der Waals surface area contributed by atoms with Crippen LogP contribution in [-0.2, 0) is 18.4 Å². The molecule has 0 aromatic carbocycles. The Kier molecular flexibility index (Phi) is 33.0. The Bertz CT molecular complexity index is 1110. The van der Waals surface area contributed by atoms with E-state index in [1.807, 2.05) is 34.1 Å². The SMILES string of the molecule is CCC/C=C\CCCCCCCC/C=C/[C@@H](O)[C@H](COP(=O)([O-])OCC[N+](C)(C)C)NC(=O)CCC/C=C\C/C=C\C/C=C\C/C=C\CC[C@H](O)CC. The van der Waals surface area contributed by atoms with Gasteiger partial charge >= 0.3 is 0 Å². The van der Waals surface area contributed by atoms with Gasteiger partial charge in [-0.1, -0.05) is 119 Å². The molecule has 0 saturated heterocycles. The summed E-state index contributed by atoms with van der Waals surface area (Å²) in [6.45, 7) is 4.22. The van der Waals surface area contributed by atoms with Gasteiger partial charge < -0.3 is 34.0 Å². The molecule has 0 heterocycles. The summed E-state index contributed by atoms with van der Waals surface area (Å²) < 4.78 is 23.1. The summed E-state index contributed by atoms with van der Waals surface area (Å²) in [5.74, 6) is -0.271. The number of allylic oxidation sites excluding steroid dienone is 11. The lowest BCUT2D eigenvalue weighted by Crippen LogP contribution is -2.45. The molecule has 0 aliphatic carbocycles. The number of nitrogens with zero attached hydrogens (tertiary/aromatic N) is 1. The predicted octanol–water partition coefficient (Wildman–Crippen LogP) is 9.19. The first-order valence-electron chi connectivity index (χ1n) is 20.4. The maximum absolute atomic E-state index is 12.8. The molecule has 9 nitrogen and oxygen atoms in total. The molecule has 0 radical (unpaired) electrons. The van der Waals surface area contributed by atoms with E-state index >= 15 is 0 Å². The Hall–Kier alpha value is -2.10. The number of hydrogen-bond acceptors (Lipinski definition) is 7. The third-order valence-electron chi connectivity index (χ3n) is 8.52. The minimum Gasteiger partial charge on any atom is -0.756 e. The molecule has 0 aliphatic rings. The summed E-state index contributed by atoms with van der Waals surface area (Å²) in [7, 11) is 1.18. The zero-order valence-electron chi connectivity index (χ0n) is 34.0. The van der Waals surface area contributed by atoms with Crippen LogP contribution < -0.4 is 10.2 Å². The van der Waals surface area contributed by atoms with E-state index in [2.05, 4.69) is 73.0 Å². The smallest absolute Gasteiger partial charge is 0.268 e. The minimum atomic E-state index is -4.61. The van der Waals surface area contributed by atoms with Crippen molar-refractivity contribution in [2.45, 2.75) is 154 Å². The molecule has 4 atom stereocenters. The van der Waals surface area contributed by atoms with Crippen molar-refractivity contribution in [1.29, 1.82) is 0 Å². The zero-order chi connectivity index (χ0) is 39.5. The van der Waals surface area contributed by atoms with E-state index in [0.29, 0.717) is 17.4 Å². The summed E-state index contributed by atoms with van der Waals surface area (Å²) >= 11 is 0. The van der Waals surface area contributed by atoms with Crippen molar-refractivity contribution < 1.29 is 38.0 Å². The quantitative estimate of drug-likeness (QED) is 0.0254. The fraction of sp³-hybridized carbons (Fsp3) is 0.698. The van der Waals surface area contributed by atoms with Gasteiger partial charge in [-0.05, 0) is 83.5 Å². The van der Waals surface area contributed by atoms with Crippen LogP contribution in [0.2, 0.25) is 0 Å². The molecule has 1 amide bonds. The van der Waals surface area contributed by atoms with Crippen molar-refractivity contribution in [1.82, 2.24) is 5.32 Å². The number of amides is 1. The van der Waals surface area contributed by atoms with Crippen molar-refractivity contribution in [2.24, 2.45) is 0 Å². The van der Waals surface area contributed by atoms with Gasteiger partial charge in [0.2, 0.25) is 5.91 Å². The van der Waals surface area contributed by atoms with Crippen molar-refractivity contribution in [3.63, 3.8) is 0 Å². The number of aliphatic hydroxyl groups is 2. The Morgan fingerprint density at radius 1 is 0.717 bits per heavy atom. The Labute approximate surface area is 324 Å². The van der Waals surface area contributed by atoms with Crippen molar-refractivity contribution in [3.05, 3.63) is 72.9 Å². The monoisotopic (exact) mass is 765 g/mol. The first-order valence-corrected chi connectivity index (χ1v) is 21.8. The lowest BCUT2D eigenvalue weighted by Gasteiger charge is -2.29. The lowest BCUT2D eigenvalue weighted by molar-refractivity contribution is -0.870. The number of quaternary nitrogens is 1. The van der Waals surface area contributed by atoms with Crippen LogP contribution in [0.4, 0.5) is 0 Å². The van der Waals surface area contributed by atoms with Gasteiger partial charge in [0.15, 0.2) is 0 Å². The van der Waals surface area contributed by atoms with Crippen LogP contribution in [-0.4, -0.2) is 79.8 Å². The predicted molar refractivity (Wildman–Crippen MR) is 220 cm³/mol. The maximum atomic E-state index is 12.8. The van der Waals surface area contributed by atoms with E-state index in [0.717, 1.165) is 77.0 Å². The average Bonchev–Trinajstić information content (AvgIpc) is 3.10. The molecule has 53 heavy (non-hydrogen) atoms. The number of phosphoric ester groups is 1. The number of unbranched alkanes of at least 4 members (excludes halogenated alkanes) is 9. The third kappa shape index (κ3) is 36.6. The average molecular weight is 765 g/mol. The summed E-state index contributed by atoms with van der Waals surface area (Å²) in [6.07, 6.45) is 41.8. The summed E-state index contributed by atoms with van der Waals surface area (Å²) in [5, 5.41) is 23.2. The van der Waals surface area contributed by atoms with Crippen LogP contribution in [0.3, 0.4) is 0 Å². The van der Waals surface area contributed by atoms with E-state index < -0.39 is 26.6 Å².